The summed E-state index contributed by atoms with van der Waals surface area (Å²) < 4.78 is 45.7. The van der Waals surface area contributed by atoms with Crippen LogP contribution in [0.5, 0.6) is 0 Å². The van der Waals surface area contributed by atoms with E-state index in [0.717, 1.165) is 44.5 Å². The highest BCUT2D eigenvalue weighted by atomic mass is 19.4. The first-order valence-electron chi connectivity index (χ1n) is 12.7. The van der Waals surface area contributed by atoms with E-state index < -0.39 is 17.7 Å². The van der Waals surface area contributed by atoms with Crippen LogP contribution < -0.4 is 10.2 Å². The third kappa shape index (κ3) is 5.68. The topological polar surface area (TPSA) is 48.1 Å². The van der Waals surface area contributed by atoms with Crippen molar-refractivity contribution in [2.24, 2.45) is 5.92 Å². The fourth-order valence-electron chi connectivity index (χ4n) is 5.64. The maximum Gasteiger partial charge on any atom is 0.416 e. The fourth-order valence-corrected chi connectivity index (χ4v) is 5.64. The maximum absolute atomic E-state index is 13.4. The van der Waals surface area contributed by atoms with E-state index in [2.05, 4.69) is 32.1 Å². The van der Waals surface area contributed by atoms with Gasteiger partial charge < -0.3 is 15.0 Å². The lowest BCUT2D eigenvalue weighted by molar-refractivity contribution is -0.137. The monoisotopic (exact) mass is 502 g/mol. The summed E-state index contributed by atoms with van der Waals surface area (Å²) in [5.74, 6) is -0.493. The number of carbonyl (C=O) groups is 1. The Kier molecular flexibility index (Phi) is 7.50. The van der Waals surface area contributed by atoms with Gasteiger partial charge >= 0.3 is 6.18 Å². The third-order valence-corrected chi connectivity index (χ3v) is 7.54. The molecule has 1 amide bonds. The molecule has 0 saturated carbocycles. The van der Waals surface area contributed by atoms with Gasteiger partial charge in [0, 0.05) is 58.0 Å². The van der Waals surface area contributed by atoms with Crippen molar-refractivity contribution in [1.82, 2.24) is 15.1 Å². The second-order valence-corrected chi connectivity index (χ2v) is 9.88. The Balaban J connectivity index is 1.33. The van der Waals surface area contributed by atoms with E-state index in [0.29, 0.717) is 44.8 Å². The first-order chi connectivity index (χ1) is 17.4. The Bertz CT molecular complexity index is 1040. The quantitative estimate of drug-likeness (QED) is 0.658. The Hall–Kier alpha value is -2.62. The van der Waals surface area contributed by atoms with Crippen molar-refractivity contribution in [1.29, 1.82) is 0 Å². The average Bonchev–Trinajstić information content (AvgIpc) is 2.88. The molecule has 5 rings (SSSR count). The minimum atomic E-state index is -4.41. The van der Waals surface area contributed by atoms with Gasteiger partial charge in [-0.1, -0.05) is 30.3 Å². The molecule has 2 aromatic carbocycles. The van der Waals surface area contributed by atoms with Gasteiger partial charge in [-0.2, -0.15) is 13.2 Å². The molecule has 0 spiro atoms. The minimum Gasteiger partial charge on any atom is -0.379 e. The van der Waals surface area contributed by atoms with Crippen LogP contribution in [0.4, 0.5) is 18.9 Å². The SMILES string of the molecule is O=C(NCCN1CCOCC1)[C@H]1Cc2cc(C(F)(F)F)ccc2N2CCN(Cc3ccccc3)C[C@H]12. The summed E-state index contributed by atoms with van der Waals surface area (Å²) >= 11 is 0. The van der Waals surface area contributed by atoms with Crippen LogP contribution >= 0.6 is 0 Å². The number of anilines is 1. The first-order valence-corrected chi connectivity index (χ1v) is 12.7. The van der Waals surface area contributed by atoms with Crippen molar-refractivity contribution in [3.05, 3.63) is 65.2 Å². The Morgan fingerprint density at radius 1 is 1.00 bits per heavy atom. The van der Waals surface area contributed by atoms with Gasteiger partial charge in [0.2, 0.25) is 5.91 Å². The summed E-state index contributed by atoms with van der Waals surface area (Å²) in [5, 5.41) is 3.08. The number of alkyl halides is 3. The summed E-state index contributed by atoms with van der Waals surface area (Å²) in [4.78, 5) is 20.2. The summed E-state index contributed by atoms with van der Waals surface area (Å²) in [6.45, 7) is 7.29. The van der Waals surface area contributed by atoms with Gasteiger partial charge in [0.25, 0.3) is 0 Å². The molecule has 3 aliphatic heterocycles. The van der Waals surface area contributed by atoms with Crippen LogP contribution in [0.3, 0.4) is 0 Å². The Morgan fingerprint density at radius 2 is 1.78 bits per heavy atom. The van der Waals surface area contributed by atoms with Crippen molar-refractivity contribution >= 4 is 11.6 Å². The van der Waals surface area contributed by atoms with E-state index >= 15 is 0 Å². The molecule has 0 aromatic heterocycles. The van der Waals surface area contributed by atoms with Crippen molar-refractivity contribution in [2.45, 2.75) is 25.2 Å². The van der Waals surface area contributed by atoms with Gasteiger partial charge in [-0.25, -0.2) is 0 Å². The van der Waals surface area contributed by atoms with Crippen molar-refractivity contribution < 1.29 is 22.7 Å². The van der Waals surface area contributed by atoms with Gasteiger partial charge in [0.05, 0.1) is 30.7 Å². The number of fused-ring (bicyclic) bond motifs is 3. The van der Waals surface area contributed by atoms with E-state index in [-0.39, 0.29) is 11.9 Å². The van der Waals surface area contributed by atoms with Crippen LogP contribution in [0.15, 0.2) is 48.5 Å². The van der Waals surface area contributed by atoms with Gasteiger partial charge in [-0.05, 0) is 35.7 Å². The summed E-state index contributed by atoms with van der Waals surface area (Å²) in [7, 11) is 0. The molecule has 3 heterocycles. The molecule has 2 saturated heterocycles. The zero-order chi connectivity index (χ0) is 25.1. The van der Waals surface area contributed by atoms with Gasteiger partial charge in [-0.15, -0.1) is 0 Å². The lowest BCUT2D eigenvalue weighted by atomic mass is 9.82. The third-order valence-electron chi connectivity index (χ3n) is 7.54. The summed E-state index contributed by atoms with van der Waals surface area (Å²) in [5.41, 5.74) is 1.98. The van der Waals surface area contributed by atoms with Crippen LogP contribution in [-0.2, 0) is 28.7 Å². The molecule has 36 heavy (non-hydrogen) atoms. The number of ether oxygens (including phenoxy) is 1. The second kappa shape index (κ2) is 10.8. The lowest BCUT2D eigenvalue weighted by Crippen LogP contribution is -2.61. The second-order valence-electron chi connectivity index (χ2n) is 9.88. The van der Waals surface area contributed by atoms with E-state index in [4.69, 9.17) is 4.74 Å². The molecule has 2 aromatic rings. The van der Waals surface area contributed by atoms with Gasteiger partial charge in [-0.3, -0.25) is 14.6 Å². The Labute approximate surface area is 210 Å². The molecule has 9 heteroatoms. The molecule has 2 fully saturated rings. The van der Waals surface area contributed by atoms with Crippen LogP contribution in [0.1, 0.15) is 16.7 Å². The molecule has 194 valence electrons. The predicted octanol–water partition coefficient (Wildman–Crippen LogP) is 3.02. The zero-order valence-corrected chi connectivity index (χ0v) is 20.3. The minimum absolute atomic E-state index is 0.0807. The van der Waals surface area contributed by atoms with Crippen molar-refractivity contribution in [3.8, 4) is 0 Å². The molecular weight excluding hydrogens is 469 g/mol. The number of hydrogen-bond acceptors (Lipinski definition) is 5. The normalized spacial score (nSPS) is 23.1. The number of amides is 1. The van der Waals surface area contributed by atoms with E-state index in [1.807, 2.05) is 18.2 Å². The van der Waals surface area contributed by atoms with Crippen LogP contribution in [0.25, 0.3) is 0 Å². The number of hydrogen-bond donors (Lipinski definition) is 1. The molecular formula is C27H33F3N4O2. The average molecular weight is 503 g/mol. The number of rotatable bonds is 6. The number of halogens is 3. The van der Waals surface area contributed by atoms with Crippen LogP contribution in [0, 0.1) is 5.92 Å². The predicted molar refractivity (Wildman–Crippen MR) is 132 cm³/mol. The van der Waals surface area contributed by atoms with Gasteiger partial charge in [0.1, 0.15) is 0 Å². The van der Waals surface area contributed by atoms with Crippen molar-refractivity contribution in [3.63, 3.8) is 0 Å². The summed E-state index contributed by atoms with van der Waals surface area (Å²) in [6, 6.07) is 14.1. The number of morpholine rings is 1. The highest BCUT2D eigenvalue weighted by Crippen LogP contribution is 2.39. The largest absolute Gasteiger partial charge is 0.416 e. The first kappa shape index (κ1) is 25.0. The molecule has 2 atom stereocenters. The van der Waals surface area contributed by atoms with Gasteiger partial charge in [0.15, 0.2) is 0 Å². The van der Waals surface area contributed by atoms with Crippen LogP contribution in [0.2, 0.25) is 0 Å². The van der Waals surface area contributed by atoms with E-state index in [1.54, 1.807) is 6.07 Å². The molecule has 0 unspecified atom stereocenters. The molecule has 3 aliphatic rings. The standard InChI is InChI=1S/C27H33F3N4O2/c28-27(29,30)22-6-7-24-21(16-22)17-23(26(35)31-8-9-32-12-14-36-15-13-32)25-19-33(10-11-34(24)25)18-20-4-2-1-3-5-20/h1-7,16,23,25H,8-15,17-19H2,(H,31,35)/t23-,25+/m0/s1. The number of carbonyl (C=O) groups excluding carboxylic acids is 1. The molecule has 0 aliphatic carbocycles. The molecule has 0 radical (unpaired) electrons. The Morgan fingerprint density at radius 3 is 2.53 bits per heavy atom. The fraction of sp³-hybridized carbons (Fsp3) is 0.519. The highest BCUT2D eigenvalue weighted by Gasteiger charge is 2.42. The molecule has 6 nitrogen and oxygen atoms in total. The van der Waals surface area contributed by atoms with Crippen LogP contribution in [-0.4, -0.2) is 80.8 Å². The number of nitrogens with one attached hydrogen (secondary N) is 1. The smallest absolute Gasteiger partial charge is 0.379 e. The number of nitrogens with zero attached hydrogens (tertiary/aromatic N) is 3. The number of piperazine rings is 1. The molecule has 0 bridgehead atoms. The highest BCUT2D eigenvalue weighted by molar-refractivity contribution is 5.82. The molecule has 1 N–H and O–H groups in total. The lowest BCUT2D eigenvalue weighted by Gasteiger charge is -2.49. The van der Waals surface area contributed by atoms with Crippen molar-refractivity contribution in [2.75, 3.05) is 63.9 Å². The van der Waals surface area contributed by atoms with E-state index in [9.17, 15) is 18.0 Å². The summed E-state index contributed by atoms with van der Waals surface area (Å²) in [6.07, 6.45) is -4.10. The number of benzene rings is 2. The van der Waals surface area contributed by atoms with E-state index in [1.165, 1.54) is 11.6 Å². The maximum atomic E-state index is 13.4. The zero-order valence-electron chi connectivity index (χ0n) is 20.3.